The van der Waals surface area contributed by atoms with Crippen LogP contribution in [0.25, 0.3) is 0 Å². The van der Waals surface area contributed by atoms with E-state index in [1.54, 1.807) is 6.08 Å². The van der Waals surface area contributed by atoms with Crippen molar-refractivity contribution >= 4 is 5.91 Å². The van der Waals surface area contributed by atoms with Crippen molar-refractivity contribution in [1.82, 2.24) is 5.32 Å². The summed E-state index contributed by atoms with van der Waals surface area (Å²) in [4.78, 5) is 12.5. The minimum Gasteiger partial charge on any atom is -0.394 e. The van der Waals surface area contributed by atoms with Gasteiger partial charge in [-0.15, -0.1) is 0 Å². The van der Waals surface area contributed by atoms with Crippen LogP contribution < -0.4 is 5.32 Å². The topological polar surface area (TPSA) is 89.8 Å². The average Bonchev–Trinajstić information content (AvgIpc) is 3.23. The molecule has 59 heavy (non-hydrogen) atoms. The molecule has 350 valence electrons. The Morgan fingerprint density at radius 3 is 1.08 bits per heavy atom. The number of rotatable bonds is 49. The fourth-order valence-electron chi connectivity index (χ4n) is 8.42. The van der Waals surface area contributed by atoms with Gasteiger partial charge in [0.25, 0.3) is 0 Å². The third-order valence-electron chi connectivity index (χ3n) is 12.5. The van der Waals surface area contributed by atoms with E-state index >= 15 is 0 Å². The quantitative estimate of drug-likeness (QED) is 0.0363. The molecule has 0 aliphatic heterocycles. The number of carbonyl (C=O) groups excluding carboxylic acids is 1. The van der Waals surface area contributed by atoms with Crippen LogP contribution in [0.3, 0.4) is 0 Å². The molecule has 5 nitrogen and oxygen atoms in total. The molecule has 0 heterocycles. The van der Waals surface area contributed by atoms with Crippen LogP contribution >= 0.6 is 0 Å². The van der Waals surface area contributed by atoms with Crippen LogP contribution in [0, 0.1) is 0 Å². The van der Waals surface area contributed by atoms with Gasteiger partial charge in [-0.25, -0.2) is 0 Å². The Morgan fingerprint density at radius 2 is 0.729 bits per heavy atom. The zero-order chi connectivity index (χ0) is 43.0. The van der Waals surface area contributed by atoms with Crippen molar-refractivity contribution in [1.29, 1.82) is 0 Å². The molecule has 4 N–H and O–H groups in total. The van der Waals surface area contributed by atoms with Crippen LogP contribution in [0.4, 0.5) is 0 Å². The first-order chi connectivity index (χ1) is 29.0. The molecule has 0 fully saturated rings. The molecule has 3 unspecified atom stereocenters. The van der Waals surface area contributed by atoms with Gasteiger partial charge in [0.1, 0.15) is 0 Å². The number of aliphatic hydroxyl groups is 3. The molecule has 0 aliphatic carbocycles. The van der Waals surface area contributed by atoms with E-state index in [1.807, 2.05) is 6.08 Å². The van der Waals surface area contributed by atoms with Crippen molar-refractivity contribution in [3.63, 3.8) is 0 Å². The second kappa shape index (κ2) is 49.5. The maximum Gasteiger partial charge on any atom is 0.222 e. The molecule has 0 bridgehead atoms. The van der Waals surface area contributed by atoms with E-state index in [4.69, 9.17) is 0 Å². The third kappa shape index (κ3) is 46.2. The molecule has 0 aromatic carbocycles. The SMILES string of the molecule is CCCCCCCCCCCCCCC/C=C/CC/C=C/C(O)C(CO)NC(=O)CC(O)CCCCCCCCCCCCCCCCCCCCCCCCCCC. The Labute approximate surface area is 369 Å². The van der Waals surface area contributed by atoms with Gasteiger partial charge in [0, 0.05) is 0 Å². The molecule has 0 radical (unpaired) electrons. The Bertz CT molecular complexity index is 874. The molecule has 0 saturated carbocycles. The summed E-state index contributed by atoms with van der Waals surface area (Å²) >= 11 is 0. The molecular formula is C54H105NO4. The van der Waals surface area contributed by atoms with Gasteiger partial charge in [0.15, 0.2) is 0 Å². The highest BCUT2D eigenvalue weighted by Crippen LogP contribution is 2.17. The smallest absolute Gasteiger partial charge is 0.222 e. The predicted octanol–water partition coefficient (Wildman–Crippen LogP) is 16.1. The summed E-state index contributed by atoms with van der Waals surface area (Å²) in [5, 5.41) is 33.4. The molecule has 0 rings (SSSR count). The van der Waals surface area contributed by atoms with E-state index in [0.717, 1.165) is 32.1 Å². The third-order valence-corrected chi connectivity index (χ3v) is 12.5. The molecule has 0 saturated heterocycles. The van der Waals surface area contributed by atoms with Gasteiger partial charge in [0.05, 0.1) is 31.3 Å². The van der Waals surface area contributed by atoms with Gasteiger partial charge in [-0.05, 0) is 32.1 Å². The second-order valence-corrected chi connectivity index (χ2v) is 18.5. The number of hydrogen-bond donors (Lipinski definition) is 4. The minimum atomic E-state index is -0.949. The van der Waals surface area contributed by atoms with Crippen molar-refractivity contribution in [2.45, 2.75) is 308 Å². The van der Waals surface area contributed by atoms with Crippen molar-refractivity contribution in [2.75, 3.05) is 6.61 Å². The number of unbranched alkanes of at least 4 members (excludes halogenated alkanes) is 38. The fourth-order valence-corrected chi connectivity index (χ4v) is 8.42. The molecule has 0 aliphatic rings. The molecule has 1 amide bonds. The van der Waals surface area contributed by atoms with Crippen LogP contribution in [-0.4, -0.2) is 46.1 Å². The molecular weight excluding hydrogens is 727 g/mol. The van der Waals surface area contributed by atoms with E-state index in [9.17, 15) is 20.1 Å². The zero-order valence-electron chi connectivity index (χ0n) is 39.9. The van der Waals surface area contributed by atoms with Crippen molar-refractivity contribution in [2.24, 2.45) is 0 Å². The average molecular weight is 832 g/mol. The zero-order valence-corrected chi connectivity index (χ0v) is 39.9. The normalized spacial score (nSPS) is 13.5. The summed E-state index contributed by atoms with van der Waals surface area (Å²) in [6.45, 7) is 4.23. The highest BCUT2D eigenvalue weighted by molar-refractivity contribution is 5.76. The first kappa shape index (κ1) is 57.8. The number of nitrogens with one attached hydrogen (secondary N) is 1. The van der Waals surface area contributed by atoms with Crippen molar-refractivity contribution in [3.8, 4) is 0 Å². The fraction of sp³-hybridized carbons (Fsp3) is 0.907. The summed E-state index contributed by atoms with van der Waals surface area (Å²) in [6, 6.07) is -0.758. The van der Waals surface area contributed by atoms with Crippen molar-refractivity contribution in [3.05, 3.63) is 24.3 Å². The predicted molar refractivity (Wildman–Crippen MR) is 259 cm³/mol. The molecule has 0 aromatic heterocycles. The van der Waals surface area contributed by atoms with Gasteiger partial charge < -0.3 is 20.6 Å². The summed E-state index contributed by atoms with van der Waals surface area (Å²) in [5.41, 5.74) is 0. The van der Waals surface area contributed by atoms with E-state index in [1.165, 1.54) is 231 Å². The first-order valence-electron chi connectivity index (χ1n) is 26.6. The van der Waals surface area contributed by atoms with Gasteiger partial charge in [0.2, 0.25) is 5.91 Å². The maximum atomic E-state index is 12.5. The van der Waals surface area contributed by atoms with Crippen LogP contribution in [-0.2, 0) is 4.79 Å². The Morgan fingerprint density at radius 1 is 0.424 bits per heavy atom. The monoisotopic (exact) mass is 832 g/mol. The van der Waals surface area contributed by atoms with Crippen LogP contribution in [0.15, 0.2) is 24.3 Å². The Kier molecular flexibility index (Phi) is 48.5. The van der Waals surface area contributed by atoms with Crippen LogP contribution in [0.2, 0.25) is 0 Å². The minimum absolute atomic E-state index is 0.0103. The summed E-state index contributed by atoms with van der Waals surface area (Å²) in [7, 11) is 0. The van der Waals surface area contributed by atoms with Gasteiger partial charge in [-0.2, -0.15) is 0 Å². The van der Waals surface area contributed by atoms with Crippen molar-refractivity contribution < 1.29 is 20.1 Å². The lowest BCUT2D eigenvalue weighted by Gasteiger charge is -2.21. The van der Waals surface area contributed by atoms with Gasteiger partial charge in [-0.1, -0.05) is 276 Å². The van der Waals surface area contributed by atoms with Gasteiger partial charge >= 0.3 is 0 Å². The molecule has 0 aromatic rings. The summed E-state index contributed by atoms with van der Waals surface area (Å²) in [5.74, 6) is -0.320. The van der Waals surface area contributed by atoms with Gasteiger partial charge in [-0.3, -0.25) is 4.79 Å². The highest BCUT2D eigenvalue weighted by atomic mass is 16.3. The number of allylic oxidation sites excluding steroid dienone is 3. The lowest BCUT2D eigenvalue weighted by Crippen LogP contribution is -2.45. The van der Waals surface area contributed by atoms with E-state index in [2.05, 4.69) is 31.3 Å². The largest absolute Gasteiger partial charge is 0.394 e. The number of carbonyl (C=O) groups is 1. The van der Waals surface area contributed by atoms with Crippen LogP contribution in [0.1, 0.15) is 290 Å². The van der Waals surface area contributed by atoms with E-state index in [0.29, 0.717) is 6.42 Å². The summed E-state index contributed by atoms with van der Waals surface area (Å²) < 4.78 is 0. The first-order valence-corrected chi connectivity index (χ1v) is 26.6. The molecule has 3 atom stereocenters. The lowest BCUT2D eigenvalue weighted by atomic mass is 10.0. The Hall–Kier alpha value is -1.17. The number of aliphatic hydroxyl groups excluding tert-OH is 3. The van der Waals surface area contributed by atoms with Crippen LogP contribution in [0.5, 0.6) is 0 Å². The Balaban J connectivity index is 3.58. The van der Waals surface area contributed by atoms with E-state index in [-0.39, 0.29) is 18.9 Å². The second-order valence-electron chi connectivity index (χ2n) is 18.5. The summed E-state index contributed by atoms with van der Waals surface area (Å²) in [6.07, 6.45) is 62.1. The molecule has 5 heteroatoms. The maximum absolute atomic E-state index is 12.5. The number of amides is 1. The standard InChI is InChI=1S/C54H105NO4/c1-3-5-7-9-11-13-15-17-19-21-23-24-25-26-27-28-30-31-33-35-37-39-41-43-45-47-51(57)49-54(59)55-52(50-56)53(58)48-46-44-42-40-38-36-34-32-29-22-20-18-16-14-12-10-8-6-4-2/h38,40,46,48,51-53,56-58H,3-37,39,41-45,47,49-50H2,1-2H3,(H,55,59)/b40-38+,48-46+. The lowest BCUT2D eigenvalue weighted by molar-refractivity contribution is -0.124. The molecule has 0 spiro atoms. The van der Waals surface area contributed by atoms with E-state index < -0.39 is 18.2 Å². The highest BCUT2D eigenvalue weighted by Gasteiger charge is 2.20. The number of hydrogen-bond acceptors (Lipinski definition) is 4.